The van der Waals surface area contributed by atoms with Crippen LogP contribution in [0, 0.1) is 13.8 Å². The highest BCUT2D eigenvalue weighted by Crippen LogP contribution is 2.19. The minimum Gasteiger partial charge on any atom is -0.341 e. The molecule has 0 aliphatic rings. The van der Waals surface area contributed by atoms with E-state index in [1.54, 1.807) is 12.4 Å². The molecule has 16 heavy (non-hydrogen) atoms. The molecule has 0 fully saturated rings. The van der Waals surface area contributed by atoms with Gasteiger partial charge in [0.25, 0.3) is 5.91 Å². The molecule has 0 atom stereocenters. The maximum atomic E-state index is 11.8. The number of para-hydroxylation sites is 1. The van der Waals surface area contributed by atoms with Crippen LogP contribution in [-0.2, 0) is 0 Å². The summed E-state index contributed by atoms with van der Waals surface area (Å²) in [5, 5.41) is 2.85. The number of imidazole rings is 1. The molecule has 4 nitrogen and oxygen atoms in total. The molecule has 1 heterocycles. The summed E-state index contributed by atoms with van der Waals surface area (Å²) in [5.74, 6) is 0.102. The maximum Gasteiger partial charge on any atom is 0.291 e. The lowest BCUT2D eigenvalue weighted by Gasteiger charge is -2.09. The van der Waals surface area contributed by atoms with Crippen LogP contribution < -0.4 is 5.32 Å². The number of carbonyl (C=O) groups is 1. The second kappa shape index (κ2) is 4.18. The summed E-state index contributed by atoms with van der Waals surface area (Å²) < 4.78 is 0. The topological polar surface area (TPSA) is 57.8 Å². The van der Waals surface area contributed by atoms with Crippen molar-refractivity contribution in [2.45, 2.75) is 13.8 Å². The molecule has 0 unspecified atom stereocenters. The van der Waals surface area contributed by atoms with E-state index in [0.29, 0.717) is 5.82 Å². The lowest BCUT2D eigenvalue weighted by Crippen LogP contribution is -2.15. The lowest BCUT2D eigenvalue weighted by molar-refractivity contribution is 0.101. The Kier molecular flexibility index (Phi) is 2.72. The Balaban J connectivity index is 2.25. The molecule has 2 aromatic rings. The number of hydrogen-bond donors (Lipinski definition) is 2. The molecule has 1 aromatic heterocycles. The number of aryl methyl sites for hydroxylation is 2. The number of nitrogens with one attached hydrogen (secondary N) is 2. The Labute approximate surface area is 93.7 Å². The third kappa shape index (κ3) is 1.95. The average molecular weight is 215 g/mol. The fraction of sp³-hybridized carbons (Fsp3) is 0.167. The van der Waals surface area contributed by atoms with E-state index < -0.39 is 0 Å². The zero-order valence-corrected chi connectivity index (χ0v) is 9.24. The number of carbonyl (C=O) groups excluding carboxylic acids is 1. The highest BCUT2D eigenvalue weighted by atomic mass is 16.2. The Morgan fingerprint density at radius 2 is 2.00 bits per heavy atom. The van der Waals surface area contributed by atoms with Gasteiger partial charge in [0.2, 0.25) is 0 Å². The molecule has 0 spiro atoms. The van der Waals surface area contributed by atoms with Gasteiger partial charge in [-0.05, 0) is 25.0 Å². The van der Waals surface area contributed by atoms with E-state index >= 15 is 0 Å². The number of aromatic amines is 1. The van der Waals surface area contributed by atoms with Crippen LogP contribution in [0.2, 0.25) is 0 Å². The van der Waals surface area contributed by atoms with Gasteiger partial charge in [-0.15, -0.1) is 0 Å². The smallest absolute Gasteiger partial charge is 0.291 e. The molecule has 2 N–H and O–H groups in total. The van der Waals surface area contributed by atoms with Crippen molar-refractivity contribution in [2.24, 2.45) is 0 Å². The number of nitrogens with zero attached hydrogens (tertiary/aromatic N) is 1. The van der Waals surface area contributed by atoms with Crippen molar-refractivity contribution < 1.29 is 4.79 Å². The summed E-state index contributed by atoms with van der Waals surface area (Å²) >= 11 is 0. The van der Waals surface area contributed by atoms with E-state index in [9.17, 15) is 4.79 Å². The summed E-state index contributed by atoms with van der Waals surface area (Å²) in [5.41, 5.74) is 2.93. The molecule has 1 amide bonds. The summed E-state index contributed by atoms with van der Waals surface area (Å²) in [6.07, 6.45) is 3.18. The van der Waals surface area contributed by atoms with Gasteiger partial charge in [0.1, 0.15) is 0 Å². The van der Waals surface area contributed by atoms with Crippen molar-refractivity contribution in [2.75, 3.05) is 5.32 Å². The number of aromatic nitrogens is 2. The van der Waals surface area contributed by atoms with E-state index in [1.807, 2.05) is 32.0 Å². The number of anilines is 1. The van der Waals surface area contributed by atoms with Gasteiger partial charge in [-0.1, -0.05) is 18.2 Å². The predicted octanol–water partition coefficient (Wildman–Crippen LogP) is 2.28. The number of amides is 1. The summed E-state index contributed by atoms with van der Waals surface area (Å²) in [4.78, 5) is 18.5. The Hall–Kier alpha value is -2.10. The van der Waals surface area contributed by atoms with Crippen molar-refractivity contribution in [3.63, 3.8) is 0 Å². The van der Waals surface area contributed by atoms with Crippen molar-refractivity contribution in [3.05, 3.63) is 47.5 Å². The average Bonchev–Trinajstić information content (AvgIpc) is 2.76. The second-order valence-corrected chi connectivity index (χ2v) is 3.66. The van der Waals surface area contributed by atoms with Crippen LogP contribution in [0.4, 0.5) is 5.69 Å². The molecule has 1 aromatic carbocycles. The van der Waals surface area contributed by atoms with Crippen LogP contribution in [0.25, 0.3) is 0 Å². The van der Waals surface area contributed by atoms with Crippen LogP contribution in [0.3, 0.4) is 0 Å². The van der Waals surface area contributed by atoms with Gasteiger partial charge in [0, 0.05) is 18.1 Å². The van der Waals surface area contributed by atoms with Gasteiger partial charge in [0.05, 0.1) is 0 Å². The van der Waals surface area contributed by atoms with Crippen LogP contribution in [-0.4, -0.2) is 15.9 Å². The molecule has 0 radical (unpaired) electrons. The second-order valence-electron chi connectivity index (χ2n) is 3.66. The quantitative estimate of drug-likeness (QED) is 0.807. The monoisotopic (exact) mass is 215 g/mol. The number of hydrogen-bond acceptors (Lipinski definition) is 2. The normalized spacial score (nSPS) is 10.1. The Morgan fingerprint density at radius 3 is 2.56 bits per heavy atom. The minimum absolute atomic E-state index is 0.220. The van der Waals surface area contributed by atoms with E-state index in [0.717, 1.165) is 16.8 Å². The molecule has 0 bridgehead atoms. The number of rotatable bonds is 2. The summed E-state index contributed by atoms with van der Waals surface area (Å²) in [6, 6.07) is 5.89. The fourth-order valence-corrected chi connectivity index (χ4v) is 1.57. The SMILES string of the molecule is Cc1cccc(C)c1NC(=O)c1ncc[nH]1. The van der Waals surface area contributed by atoms with E-state index in [-0.39, 0.29) is 5.91 Å². The van der Waals surface area contributed by atoms with Crippen molar-refractivity contribution in [1.82, 2.24) is 9.97 Å². The number of H-pyrrole nitrogens is 1. The first-order valence-electron chi connectivity index (χ1n) is 5.05. The van der Waals surface area contributed by atoms with Gasteiger partial charge in [-0.3, -0.25) is 4.79 Å². The highest BCUT2D eigenvalue weighted by molar-refractivity contribution is 6.02. The molecule has 0 aliphatic heterocycles. The van der Waals surface area contributed by atoms with Gasteiger partial charge in [-0.2, -0.15) is 0 Å². The van der Waals surface area contributed by atoms with Crippen LogP contribution >= 0.6 is 0 Å². The van der Waals surface area contributed by atoms with Crippen molar-refractivity contribution >= 4 is 11.6 Å². The highest BCUT2D eigenvalue weighted by Gasteiger charge is 2.10. The van der Waals surface area contributed by atoms with Crippen molar-refractivity contribution in [1.29, 1.82) is 0 Å². The molecule has 82 valence electrons. The molecule has 2 rings (SSSR count). The number of benzene rings is 1. The van der Waals surface area contributed by atoms with E-state index in [4.69, 9.17) is 0 Å². The zero-order chi connectivity index (χ0) is 11.5. The Morgan fingerprint density at radius 1 is 1.31 bits per heavy atom. The predicted molar refractivity (Wildman–Crippen MR) is 62.5 cm³/mol. The molecule has 0 saturated heterocycles. The first-order valence-corrected chi connectivity index (χ1v) is 5.05. The third-order valence-electron chi connectivity index (χ3n) is 2.43. The van der Waals surface area contributed by atoms with Gasteiger partial charge >= 0.3 is 0 Å². The van der Waals surface area contributed by atoms with Crippen LogP contribution in [0.15, 0.2) is 30.6 Å². The first kappa shape index (κ1) is 10.4. The molecular formula is C12H13N3O. The van der Waals surface area contributed by atoms with Gasteiger partial charge in [-0.25, -0.2) is 4.98 Å². The van der Waals surface area contributed by atoms with Crippen LogP contribution in [0.1, 0.15) is 21.7 Å². The maximum absolute atomic E-state index is 11.8. The molecule has 0 saturated carbocycles. The van der Waals surface area contributed by atoms with Gasteiger partial charge < -0.3 is 10.3 Å². The summed E-state index contributed by atoms with van der Waals surface area (Å²) in [6.45, 7) is 3.93. The van der Waals surface area contributed by atoms with Crippen LogP contribution in [0.5, 0.6) is 0 Å². The van der Waals surface area contributed by atoms with Crippen molar-refractivity contribution in [3.8, 4) is 0 Å². The standard InChI is InChI=1S/C12H13N3O/c1-8-4-3-5-9(2)10(8)15-12(16)11-13-6-7-14-11/h3-7H,1-2H3,(H,13,14)(H,15,16). The fourth-order valence-electron chi connectivity index (χ4n) is 1.57. The molecule has 0 aliphatic carbocycles. The third-order valence-corrected chi connectivity index (χ3v) is 2.43. The molecular weight excluding hydrogens is 202 g/mol. The lowest BCUT2D eigenvalue weighted by atomic mass is 10.1. The molecule has 4 heteroatoms. The van der Waals surface area contributed by atoms with E-state index in [1.165, 1.54) is 0 Å². The minimum atomic E-state index is -0.220. The largest absolute Gasteiger partial charge is 0.341 e. The Bertz CT molecular complexity index is 483. The van der Waals surface area contributed by atoms with Gasteiger partial charge in [0.15, 0.2) is 5.82 Å². The first-order chi connectivity index (χ1) is 7.68. The zero-order valence-electron chi connectivity index (χ0n) is 9.24. The van der Waals surface area contributed by atoms with E-state index in [2.05, 4.69) is 15.3 Å². The summed E-state index contributed by atoms with van der Waals surface area (Å²) in [7, 11) is 0.